The lowest BCUT2D eigenvalue weighted by atomic mass is 10.1. The molecule has 0 radical (unpaired) electrons. The number of aryl methyl sites for hydroxylation is 2. The largest absolute Gasteiger partial charge is 0.342 e. The van der Waals surface area contributed by atoms with Gasteiger partial charge < -0.3 is 9.42 Å². The molecule has 3 rings (SSSR count). The van der Waals surface area contributed by atoms with Crippen LogP contribution in [0.4, 0.5) is 8.78 Å². The summed E-state index contributed by atoms with van der Waals surface area (Å²) in [6.07, 6.45) is 1.10. The van der Waals surface area contributed by atoms with Gasteiger partial charge in [0.2, 0.25) is 11.8 Å². The fourth-order valence-electron chi connectivity index (χ4n) is 2.81. The van der Waals surface area contributed by atoms with E-state index in [0.29, 0.717) is 24.8 Å². The van der Waals surface area contributed by atoms with E-state index in [4.69, 9.17) is 4.52 Å². The molecule has 1 aromatic heterocycles. The molecule has 1 aliphatic rings. The molecular weight excluding hydrogens is 304 g/mol. The molecule has 0 bridgehead atoms. The maximum atomic E-state index is 13.6. The van der Waals surface area contributed by atoms with Crippen LogP contribution < -0.4 is 0 Å². The molecule has 0 unspecified atom stereocenters. The van der Waals surface area contributed by atoms with Crippen molar-refractivity contribution < 1.29 is 18.1 Å². The summed E-state index contributed by atoms with van der Waals surface area (Å²) >= 11 is 0. The Morgan fingerprint density at radius 1 is 1.43 bits per heavy atom. The van der Waals surface area contributed by atoms with Crippen LogP contribution in [0.3, 0.4) is 0 Å². The Morgan fingerprint density at radius 2 is 2.26 bits per heavy atom. The van der Waals surface area contributed by atoms with Crippen molar-refractivity contribution in [2.75, 3.05) is 13.1 Å². The summed E-state index contributed by atoms with van der Waals surface area (Å²) in [6, 6.07) is 4.01. The zero-order valence-corrected chi connectivity index (χ0v) is 12.8. The average Bonchev–Trinajstić information content (AvgIpc) is 3.17. The Morgan fingerprint density at radius 3 is 3.00 bits per heavy atom. The number of likely N-dealkylation sites (tertiary alicyclic amines) is 1. The number of aromatic nitrogens is 2. The minimum absolute atomic E-state index is 0.0473. The third-order valence-corrected chi connectivity index (χ3v) is 4.07. The van der Waals surface area contributed by atoms with Crippen LogP contribution in [0.15, 0.2) is 22.7 Å². The Hall–Kier alpha value is -2.31. The molecule has 1 atom stereocenters. The van der Waals surface area contributed by atoms with E-state index in [9.17, 15) is 13.6 Å². The van der Waals surface area contributed by atoms with E-state index in [1.54, 1.807) is 11.8 Å². The van der Waals surface area contributed by atoms with Gasteiger partial charge >= 0.3 is 0 Å². The molecule has 0 spiro atoms. The second-order valence-electron chi connectivity index (χ2n) is 5.72. The summed E-state index contributed by atoms with van der Waals surface area (Å²) in [6.45, 7) is 2.88. The van der Waals surface area contributed by atoms with Crippen LogP contribution in [0.25, 0.3) is 0 Å². The number of rotatable bonds is 4. The zero-order valence-electron chi connectivity index (χ0n) is 12.8. The van der Waals surface area contributed by atoms with E-state index in [1.165, 1.54) is 12.1 Å². The van der Waals surface area contributed by atoms with Crippen LogP contribution in [0.5, 0.6) is 0 Å². The Balaban J connectivity index is 1.56. The fourth-order valence-corrected chi connectivity index (χ4v) is 2.81. The number of benzene rings is 1. The first kappa shape index (κ1) is 15.6. The van der Waals surface area contributed by atoms with Gasteiger partial charge in [0.05, 0.1) is 5.92 Å². The minimum atomic E-state index is -0.886. The van der Waals surface area contributed by atoms with Crippen LogP contribution >= 0.6 is 0 Å². The van der Waals surface area contributed by atoms with Crippen LogP contribution in [0.2, 0.25) is 0 Å². The summed E-state index contributed by atoms with van der Waals surface area (Å²) in [5, 5.41) is 3.76. The van der Waals surface area contributed by atoms with Crippen molar-refractivity contribution in [1.82, 2.24) is 15.0 Å². The quantitative estimate of drug-likeness (QED) is 0.868. The Kier molecular flexibility index (Phi) is 4.36. The summed E-state index contributed by atoms with van der Waals surface area (Å²) in [7, 11) is 0. The highest BCUT2D eigenvalue weighted by Crippen LogP contribution is 2.26. The number of hydrogen-bond donors (Lipinski definition) is 0. The summed E-state index contributed by atoms with van der Waals surface area (Å²) in [5.74, 6) is -0.664. The number of nitrogens with zero attached hydrogens (tertiary/aromatic N) is 3. The van der Waals surface area contributed by atoms with Gasteiger partial charge in [0, 0.05) is 19.5 Å². The maximum absolute atomic E-state index is 13.6. The first-order valence-corrected chi connectivity index (χ1v) is 7.55. The molecule has 1 fully saturated rings. The fraction of sp³-hybridized carbons (Fsp3) is 0.438. The molecule has 1 saturated heterocycles. The normalized spacial score (nSPS) is 17.7. The van der Waals surface area contributed by atoms with E-state index >= 15 is 0 Å². The van der Waals surface area contributed by atoms with Crippen molar-refractivity contribution in [3.05, 3.63) is 47.1 Å². The SMILES string of the molecule is Cc1noc([C@@H]2CCN(C(=O)CCc3cccc(F)c3F)C2)n1. The van der Waals surface area contributed by atoms with Crippen molar-refractivity contribution in [2.24, 2.45) is 0 Å². The predicted molar refractivity (Wildman–Crippen MR) is 77.7 cm³/mol. The lowest BCUT2D eigenvalue weighted by Crippen LogP contribution is -2.28. The highest BCUT2D eigenvalue weighted by molar-refractivity contribution is 5.76. The molecule has 23 heavy (non-hydrogen) atoms. The van der Waals surface area contributed by atoms with E-state index < -0.39 is 11.6 Å². The number of carbonyl (C=O) groups excluding carboxylic acids is 1. The van der Waals surface area contributed by atoms with Gasteiger partial charge in [-0.05, 0) is 31.4 Å². The molecular formula is C16H17F2N3O2. The van der Waals surface area contributed by atoms with Crippen LogP contribution in [0.1, 0.15) is 36.0 Å². The molecule has 2 aromatic rings. The molecule has 1 aromatic carbocycles. The molecule has 1 amide bonds. The van der Waals surface area contributed by atoms with Gasteiger partial charge in [-0.1, -0.05) is 17.3 Å². The van der Waals surface area contributed by atoms with E-state index in [1.807, 2.05) is 0 Å². The molecule has 7 heteroatoms. The van der Waals surface area contributed by atoms with Crippen molar-refractivity contribution >= 4 is 5.91 Å². The van der Waals surface area contributed by atoms with Crippen molar-refractivity contribution in [2.45, 2.75) is 32.1 Å². The van der Waals surface area contributed by atoms with Gasteiger partial charge in [-0.3, -0.25) is 4.79 Å². The number of hydrogen-bond acceptors (Lipinski definition) is 4. The molecule has 1 aliphatic heterocycles. The first-order chi connectivity index (χ1) is 11.0. The average molecular weight is 321 g/mol. The standard InChI is InChI=1S/C16H17F2N3O2/c1-10-19-16(23-20-10)12-7-8-21(9-12)14(22)6-5-11-3-2-4-13(17)15(11)18/h2-4,12H,5-9H2,1H3/t12-/m1/s1. The van der Waals surface area contributed by atoms with Crippen LogP contribution in [0, 0.1) is 18.6 Å². The molecule has 5 nitrogen and oxygen atoms in total. The summed E-state index contributed by atoms with van der Waals surface area (Å²) in [4.78, 5) is 18.1. The molecule has 0 N–H and O–H groups in total. The van der Waals surface area contributed by atoms with E-state index in [2.05, 4.69) is 10.1 Å². The molecule has 0 saturated carbocycles. The van der Waals surface area contributed by atoms with Gasteiger partial charge in [-0.2, -0.15) is 4.98 Å². The van der Waals surface area contributed by atoms with Crippen molar-refractivity contribution in [3.8, 4) is 0 Å². The lowest BCUT2D eigenvalue weighted by Gasteiger charge is -2.15. The van der Waals surface area contributed by atoms with Crippen LogP contribution in [-0.2, 0) is 11.2 Å². The van der Waals surface area contributed by atoms with Gasteiger partial charge in [0.1, 0.15) is 0 Å². The molecule has 0 aliphatic carbocycles. The summed E-state index contributed by atoms with van der Waals surface area (Å²) in [5.41, 5.74) is 0.224. The monoisotopic (exact) mass is 321 g/mol. The predicted octanol–water partition coefficient (Wildman–Crippen LogP) is 2.60. The molecule has 122 valence electrons. The van der Waals surface area contributed by atoms with Gasteiger partial charge in [0.25, 0.3) is 0 Å². The van der Waals surface area contributed by atoms with E-state index in [0.717, 1.165) is 12.5 Å². The Bertz CT molecular complexity index is 717. The first-order valence-electron chi connectivity index (χ1n) is 7.55. The number of carbonyl (C=O) groups is 1. The maximum Gasteiger partial charge on any atom is 0.231 e. The number of amides is 1. The van der Waals surface area contributed by atoms with E-state index in [-0.39, 0.29) is 30.2 Å². The highest BCUT2D eigenvalue weighted by Gasteiger charge is 2.30. The third-order valence-electron chi connectivity index (χ3n) is 4.07. The molecule has 2 heterocycles. The smallest absolute Gasteiger partial charge is 0.231 e. The van der Waals surface area contributed by atoms with Crippen LogP contribution in [-0.4, -0.2) is 34.0 Å². The van der Waals surface area contributed by atoms with Gasteiger partial charge in [0.15, 0.2) is 17.5 Å². The topological polar surface area (TPSA) is 59.2 Å². The highest BCUT2D eigenvalue weighted by atomic mass is 19.2. The zero-order chi connectivity index (χ0) is 16.4. The second kappa shape index (κ2) is 6.44. The number of halogens is 2. The Labute approximate surface area is 132 Å². The van der Waals surface area contributed by atoms with Crippen molar-refractivity contribution in [1.29, 1.82) is 0 Å². The van der Waals surface area contributed by atoms with Crippen molar-refractivity contribution in [3.63, 3.8) is 0 Å². The minimum Gasteiger partial charge on any atom is -0.342 e. The van der Waals surface area contributed by atoms with Gasteiger partial charge in [-0.15, -0.1) is 0 Å². The van der Waals surface area contributed by atoms with Gasteiger partial charge in [-0.25, -0.2) is 8.78 Å². The lowest BCUT2D eigenvalue weighted by molar-refractivity contribution is -0.130. The summed E-state index contributed by atoms with van der Waals surface area (Å²) < 4.78 is 31.9. The second-order valence-corrected chi connectivity index (χ2v) is 5.72. The third kappa shape index (κ3) is 3.38.